The Morgan fingerprint density at radius 2 is 2.00 bits per heavy atom. The van der Waals surface area contributed by atoms with Gasteiger partial charge in [-0.25, -0.2) is 0 Å². The highest BCUT2D eigenvalue weighted by Crippen LogP contribution is 2.33. The number of nitrogens with zero attached hydrogens (tertiary/aromatic N) is 1. The van der Waals surface area contributed by atoms with Gasteiger partial charge < -0.3 is 20.9 Å². The Kier molecular flexibility index (Phi) is 4.63. The second kappa shape index (κ2) is 6.99. The molecule has 0 unspecified atom stereocenters. The van der Waals surface area contributed by atoms with Crippen molar-refractivity contribution in [2.45, 2.75) is 40.2 Å². The van der Waals surface area contributed by atoms with Crippen molar-refractivity contribution in [3.63, 3.8) is 0 Å². The van der Waals surface area contributed by atoms with Crippen molar-refractivity contribution in [1.29, 1.82) is 0 Å². The summed E-state index contributed by atoms with van der Waals surface area (Å²) in [7, 11) is 0. The van der Waals surface area contributed by atoms with Gasteiger partial charge in [-0.15, -0.1) is 0 Å². The average molecular weight is 377 g/mol. The molecule has 3 heterocycles. The van der Waals surface area contributed by atoms with Gasteiger partial charge in [0.05, 0.1) is 0 Å². The summed E-state index contributed by atoms with van der Waals surface area (Å²) >= 11 is 0. The average Bonchev–Trinajstić information content (AvgIpc) is 3.00. The molecule has 5 heteroatoms. The van der Waals surface area contributed by atoms with Gasteiger partial charge in [-0.2, -0.15) is 0 Å². The number of benzene rings is 1. The molecule has 0 atom stereocenters. The van der Waals surface area contributed by atoms with Crippen LogP contribution < -0.4 is 16.4 Å². The van der Waals surface area contributed by atoms with E-state index in [9.17, 15) is 4.79 Å². The van der Waals surface area contributed by atoms with Crippen LogP contribution in [-0.4, -0.2) is 23.6 Å². The molecule has 0 saturated carbocycles. The predicted octanol–water partition coefficient (Wildman–Crippen LogP) is 3.63. The van der Waals surface area contributed by atoms with Crippen LogP contribution in [0.2, 0.25) is 0 Å². The van der Waals surface area contributed by atoms with E-state index >= 15 is 0 Å². The number of rotatable bonds is 3. The van der Waals surface area contributed by atoms with Crippen LogP contribution >= 0.6 is 0 Å². The number of amides is 1. The number of carbonyl (C=O) groups excluding carboxylic acids is 1. The van der Waals surface area contributed by atoms with Gasteiger partial charge in [0, 0.05) is 52.2 Å². The third-order valence-electron chi connectivity index (χ3n) is 5.55. The number of nitrogens with two attached hydrogens (primary N) is 1. The molecule has 2 aromatic rings. The van der Waals surface area contributed by atoms with Gasteiger partial charge >= 0.3 is 0 Å². The van der Waals surface area contributed by atoms with Crippen molar-refractivity contribution in [3.8, 4) is 0 Å². The first-order valence-electron chi connectivity index (χ1n) is 9.92. The summed E-state index contributed by atoms with van der Waals surface area (Å²) in [5, 5.41) is 7.63. The van der Waals surface area contributed by atoms with Crippen LogP contribution in [0, 0.1) is 0 Å². The van der Waals surface area contributed by atoms with Gasteiger partial charge in [-0.05, 0) is 81.7 Å². The van der Waals surface area contributed by atoms with Gasteiger partial charge in [0.2, 0.25) is 0 Å². The number of aromatic nitrogens is 1. The van der Waals surface area contributed by atoms with E-state index in [1.807, 2.05) is 6.07 Å². The van der Waals surface area contributed by atoms with Crippen LogP contribution in [-0.2, 0) is 6.42 Å². The summed E-state index contributed by atoms with van der Waals surface area (Å²) < 4.78 is 2.25. The van der Waals surface area contributed by atoms with Crippen LogP contribution in [0.4, 0.5) is 0 Å². The molecule has 2 aliphatic rings. The minimum absolute atomic E-state index is 0.0344. The Labute approximate surface area is 166 Å². The highest BCUT2D eigenvalue weighted by Gasteiger charge is 2.23. The molecule has 1 amide bonds. The van der Waals surface area contributed by atoms with Crippen LogP contribution in [0.5, 0.6) is 0 Å². The zero-order valence-electron chi connectivity index (χ0n) is 17.0. The molecule has 28 heavy (non-hydrogen) atoms. The molecule has 0 saturated heterocycles. The van der Waals surface area contributed by atoms with E-state index < -0.39 is 0 Å². The number of allylic oxidation sites excluding steroid dienone is 3. The zero-order valence-corrected chi connectivity index (χ0v) is 17.0. The molecule has 2 aliphatic heterocycles. The molecule has 1 aromatic heterocycles. The summed E-state index contributed by atoms with van der Waals surface area (Å²) in [5.74, 6) is -0.0344. The quantitative estimate of drug-likeness (QED) is 0.766. The van der Waals surface area contributed by atoms with Gasteiger partial charge in [0.25, 0.3) is 5.91 Å². The van der Waals surface area contributed by atoms with Crippen LogP contribution in [0.25, 0.3) is 17.0 Å². The first kappa shape index (κ1) is 18.6. The maximum atomic E-state index is 13.1. The van der Waals surface area contributed by atoms with Gasteiger partial charge in [0.15, 0.2) is 0 Å². The molecule has 5 nitrogen and oxygen atoms in total. The Bertz CT molecular complexity index is 1070. The van der Waals surface area contributed by atoms with Crippen molar-refractivity contribution >= 4 is 22.9 Å². The highest BCUT2D eigenvalue weighted by molar-refractivity contribution is 6.10. The van der Waals surface area contributed by atoms with Crippen LogP contribution in [0.15, 0.2) is 46.9 Å². The second-order valence-corrected chi connectivity index (χ2v) is 8.02. The SMILES string of the molecule is CC1=CC(C)=C2CNC(=O)c3cc(CCN)cc4c3c(cn4C(C)C)/C=C\2N1. The van der Waals surface area contributed by atoms with E-state index in [2.05, 4.69) is 67.3 Å². The number of hydrogen-bond donors (Lipinski definition) is 3. The lowest BCUT2D eigenvalue weighted by Crippen LogP contribution is -2.29. The first-order valence-corrected chi connectivity index (χ1v) is 9.92. The molecule has 4 N–H and O–H groups in total. The molecule has 0 radical (unpaired) electrons. The fourth-order valence-corrected chi connectivity index (χ4v) is 4.23. The van der Waals surface area contributed by atoms with Crippen molar-refractivity contribution in [3.05, 3.63) is 63.6 Å². The summed E-state index contributed by atoms with van der Waals surface area (Å²) in [5.41, 5.74) is 14.2. The Morgan fingerprint density at radius 1 is 1.21 bits per heavy atom. The van der Waals surface area contributed by atoms with E-state index in [1.54, 1.807) is 0 Å². The Morgan fingerprint density at radius 3 is 2.71 bits per heavy atom. The monoisotopic (exact) mass is 376 g/mol. The minimum atomic E-state index is -0.0344. The fraction of sp³-hybridized carbons (Fsp3) is 0.348. The lowest BCUT2D eigenvalue weighted by molar-refractivity contribution is 0.0958. The molecular weight excluding hydrogens is 348 g/mol. The molecule has 1 aromatic carbocycles. The summed E-state index contributed by atoms with van der Waals surface area (Å²) in [4.78, 5) is 13.1. The normalized spacial score (nSPS) is 18.6. The van der Waals surface area contributed by atoms with E-state index in [4.69, 9.17) is 5.73 Å². The predicted molar refractivity (Wildman–Crippen MR) is 115 cm³/mol. The van der Waals surface area contributed by atoms with E-state index in [-0.39, 0.29) is 5.91 Å². The summed E-state index contributed by atoms with van der Waals surface area (Å²) in [6.07, 6.45) is 7.23. The molecule has 0 aliphatic carbocycles. The summed E-state index contributed by atoms with van der Waals surface area (Å²) in [6.45, 7) is 9.56. The van der Waals surface area contributed by atoms with Gasteiger partial charge in [-0.1, -0.05) is 0 Å². The minimum Gasteiger partial charge on any atom is -0.359 e. The first-order chi connectivity index (χ1) is 13.4. The van der Waals surface area contributed by atoms with Gasteiger partial charge in [-0.3, -0.25) is 4.79 Å². The molecule has 0 fully saturated rings. The topological polar surface area (TPSA) is 72.1 Å². The smallest absolute Gasteiger partial charge is 0.252 e. The number of hydrogen-bond acceptors (Lipinski definition) is 3. The second-order valence-electron chi connectivity index (χ2n) is 8.02. The van der Waals surface area contributed by atoms with E-state index in [0.717, 1.165) is 51.0 Å². The maximum Gasteiger partial charge on any atom is 0.252 e. The maximum absolute atomic E-state index is 13.1. The fourth-order valence-electron chi connectivity index (χ4n) is 4.23. The largest absolute Gasteiger partial charge is 0.359 e. The van der Waals surface area contributed by atoms with E-state index in [0.29, 0.717) is 19.1 Å². The Hall–Kier alpha value is -2.79. The third-order valence-corrected chi connectivity index (χ3v) is 5.55. The molecule has 4 rings (SSSR count). The molecule has 0 spiro atoms. The van der Waals surface area contributed by atoms with Crippen LogP contribution in [0.3, 0.4) is 0 Å². The Balaban J connectivity index is 2.03. The summed E-state index contributed by atoms with van der Waals surface area (Å²) in [6, 6.07) is 4.48. The van der Waals surface area contributed by atoms with E-state index in [1.165, 1.54) is 5.57 Å². The lowest BCUT2D eigenvalue weighted by atomic mass is 9.98. The lowest BCUT2D eigenvalue weighted by Gasteiger charge is -2.22. The molecule has 0 bridgehead atoms. The third kappa shape index (κ3) is 3.06. The molecular formula is C23H28N4O. The van der Waals surface area contributed by atoms with Crippen molar-refractivity contribution in [2.75, 3.05) is 13.1 Å². The number of carbonyl (C=O) groups is 1. The van der Waals surface area contributed by atoms with Crippen molar-refractivity contribution in [1.82, 2.24) is 15.2 Å². The number of dihydropyridines is 1. The molecule has 146 valence electrons. The van der Waals surface area contributed by atoms with Crippen molar-refractivity contribution in [2.24, 2.45) is 5.73 Å². The zero-order chi connectivity index (χ0) is 20.0. The standard InChI is InChI=1S/C23H28N4O/c1-13(2)27-12-17-10-20-19(14(3)7-15(4)26-20)11-25-23(28)18-8-16(5-6-24)9-21(27)22(17)18/h7-10,12-13,26H,5-6,11,24H2,1-4H3,(H,25,28)/b20-10+. The number of nitrogens with one attached hydrogen (secondary N) is 2. The van der Waals surface area contributed by atoms with Crippen molar-refractivity contribution < 1.29 is 4.79 Å². The van der Waals surface area contributed by atoms with Gasteiger partial charge in [0.1, 0.15) is 0 Å². The van der Waals surface area contributed by atoms with Crippen LogP contribution in [0.1, 0.15) is 55.2 Å². The highest BCUT2D eigenvalue weighted by atomic mass is 16.1. The number of fused-ring (bicyclic) bond motifs is 1.